The highest BCUT2D eigenvalue weighted by molar-refractivity contribution is 5.94. The molecule has 2 fully saturated rings. The van der Waals surface area contributed by atoms with Crippen LogP contribution in [0.25, 0.3) is 0 Å². The molecule has 0 aliphatic carbocycles. The Kier molecular flexibility index (Phi) is 4.32. The number of rotatable bonds is 4. The molecule has 0 aromatic heterocycles. The molecule has 5 heteroatoms. The number of carbonyl (C=O) groups excluding carboxylic acids is 1. The van der Waals surface area contributed by atoms with Crippen molar-refractivity contribution in [3.63, 3.8) is 0 Å². The van der Waals surface area contributed by atoms with Crippen molar-refractivity contribution >= 4 is 11.6 Å². The summed E-state index contributed by atoms with van der Waals surface area (Å²) in [6, 6.07) is 14.8. The van der Waals surface area contributed by atoms with Crippen LogP contribution in [0.15, 0.2) is 48.5 Å². The molecule has 25 heavy (non-hydrogen) atoms. The van der Waals surface area contributed by atoms with E-state index in [-0.39, 0.29) is 11.9 Å². The van der Waals surface area contributed by atoms with Crippen LogP contribution < -0.4 is 15.8 Å². The average molecular weight is 337 g/mol. The number of nitrogens with two attached hydrogens (primary N) is 1. The molecule has 3 N–H and O–H groups in total. The fraction of sp³-hybridized carbons (Fsp3) is 0.350. The Bertz CT molecular complexity index is 748. The lowest BCUT2D eigenvalue weighted by Crippen LogP contribution is -2.46. The van der Waals surface area contributed by atoms with Gasteiger partial charge in [0.2, 0.25) is 0 Å². The van der Waals surface area contributed by atoms with E-state index in [0.717, 1.165) is 18.9 Å². The van der Waals surface area contributed by atoms with Gasteiger partial charge in [0.15, 0.2) is 0 Å². The van der Waals surface area contributed by atoms with Gasteiger partial charge >= 0.3 is 0 Å². The number of hydrogen-bond donors (Lipinski definition) is 2. The summed E-state index contributed by atoms with van der Waals surface area (Å²) < 4.78 is 5.77. The summed E-state index contributed by atoms with van der Waals surface area (Å²) >= 11 is 0. The van der Waals surface area contributed by atoms with Gasteiger partial charge in [-0.25, -0.2) is 0 Å². The zero-order valence-electron chi connectivity index (χ0n) is 14.2. The van der Waals surface area contributed by atoms with Crippen LogP contribution in [0.1, 0.15) is 23.2 Å². The van der Waals surface area contributed by atoms with Crippen LogP contribution in [0.5, 0.6) is 11.5 Å². The molecule has 0 radical (unpaired) electrons. The number of benzene rings is 2. The minimum Gasteiger partial charge on any atom is -0.455 e. The highest BCUT2D eigenvalue weighted by atomic mass is 16.5. The molecule has 2 aliphatic rings. The van der Waals surface area contributed by atoms with E-state index >= 15 is 0 Å². The molecule has 1 amide bonds. The molecule has 2 saturated heterocycles. The van der Waals surface area contributed by atoms with Crippen LogP contribution in [0, 0.1) is 5.92 Å². The Morgan fingerprint density at radius 1 is 1.12 bits per heavy atom. The van der Waals surface area contributed by atoms with Gasteiger partial charge in [-0.05, 0) is 61.7 Å². The summed E-state index contributed by atoms with van der Waals surface area (Å²) in [4.78, 5) is 14.9. The van der Waals surface area contributed by atoms with E-state index in [0.29, 0.717) is 22.7 Å². The van der Waals surface area contributed by atoms with Gasteiger partial charge in [-0.15, -0.1) is 0 Å². The summed E-state index contributed by atoms with van der Waals surface area (Å²) in [6.45, 7) is 3.34. The summed E-state index contributed by atoms with van der Waals surface area (Å²) in [6.07, 6.45) is 2.36. The van der Waals surface area contributed by atoms with Crippen molar-refractivity contribution in [2.24, 2.45) is 5.92 Å². The van der Waals surface area contributed by atoms with Gasteiger partial charge in [0, 0.05) is 24.7 Å². The summed E-state index contributed by atoms with van der Waals surface area (Å²) in [5.41, 5.74) is 7.13. The molecule has 130 valence electrons. The number of ether oxygens (including phenoxy) is 1. The highest BCUT2D eigenvalue weighted by Crippen LogP contribution is 2.28. The Hall–Kier alpha value is -2.53. The molecule has 3 unspecified atom stereocenters. The molecule has 2 aliphatic heterocycles. The first-order valence-electron chi connectivity index (χ1n) is 8.83. The average Bonchev–Trinajstić information content (AvgIpc) is 2.96. The number of fused-ring (bicyclic) bond motifs is 2. The van der Waals surface area contributed by atoms with Gasteiger partial charge in [-0.2, -0.15) is 0 Å². The number of nitrogen functional groups attached to an aromatic ring is 1. The van der Waals surface area contributed by atoms with Crippen molar-refractivity contribution in [1.29, 1.82) is 0 Å². The Morgan fingerprint density at radius 2 is 1.92 bits per heavy atom. The van der Waals surface area contributed by atoms with E-state index < -0.39 is 0 Å². The monoisotopic (exact) mass is 337 g/mol. The van der Waals surface area contributed by atoms with E-state index in [2.05, 4.69) is 10.2 Å². The van der Waals surface area contributed by atoms with Gasteiger partial charge in [0.05, 0.1) is 5.69 Å². The van der Waals surface area contributed by atoms with E-state index in [1.54, 1.807) is 30.3 Å². The summed E-state index contributed by atoms with van der Waals surface area (Å²) in [5.74, 6) is 2.01. The standard InChI is InChI=1S/C20H23N3O2/c21-18-3-1-2-4-19(18)25-17-7-5-15(6-8-17)20(24)22-16-11-14-9-10-23(12-14)13-16/h1-8,14,16H,9-13,21H2,(H,22,24). The molecular weight excluding hydrogens is 314 g/mol. The van der Waals surface area contributed by atoms with Crippen LogP contribution in [-0.2, 0) is 0 Å². The SMILES string of the molecule is Nc1ccccc1Oc1ccc(C(=O)NC2CC3CCN(C3)C2)cc1. The van der Waals surface area contributed by atoms with Crippen LogP contribution in [0.3, 0.4) is 0 Å². The van der Waals surface area contributed by atoms with Crippen molar-refractivity contribution in [2.45, 2.75) is 18.9 Å². The predicted molar refractivity (Wildman–Crippen MR) is 97.8 cm³/mol. The molecule has 0 saturated carbocycles. The van der Waals surface area contributed by atoms with Crippen molar-refractivity contribution in [1.82, 2.24) is 10.2 Å². The topological polar surface area (TPSA) is 67.6 Å². The third-order valence-corrected chi connectivity index (χ3v) is 5.06. The Labute approximate surface area is 147 Å². The quantitative estimate of drug-likeness (QED) is 0.842. The molecule has 2 aromatic carbocycles. The molecule has 0 spiro atoms. The third-order valence-electron chi connectivity index (χ3n) is 5.06. The lowest BCUT2D eigenvalue weighted by molar-refractivity contribution is 0.0909. The number of nitrogens with one attached hydrogen (secondary N) is 1. The maximum Gasteiger partial charge on any atom is 0.251 e. The van der Waals surface area contributed by atoms with E-state index in [1.807, 2.05) is 18.2 Å². The number of amides is 1. The van der Waals surface area contributed by atoms with Crippen LogP contribution in [0.2, 0.25) is 0 Å². The summed E-state index contributed by atoms with van der Waals surface area (Å²) in [5, 5.41) is 3.17. The van der Waals surface area contributed by atoms with Gasteiger partial charge in [0.25, 0.3) is 5.91 Å². The first kappa shape index (κ1) is 16.0. The zero-order valence-corrected chi connectivity index (χ0v) is 14.2. The Balaban J connectivity index is 1.38. The maximum absolute atomic E-state index is 12.5. The van der Waals surface area contributed by atoms with Crippen molar-refractivity contribution in [2.75, 3.05) is 25.4 Å². The highest BCUT2D eigenvalue weighted by Gasteiger charge is 2.32. The number of anilines is 1. The van der Waals surface area contributed by atoms with Crippen LogP contribution >= 0.6 is 0 Å². The number of hydrogen-bond acceptors (Lipinski definition) is 4. The molecule has 3 atom stereocenters. The number of carbonyl (C=O) groups is 1. The number of para-hydroxylation sites is 2. The van der Waals surface area contributed by atoms with Crippen LogP contribution in [0.4, 0.5) is 5.69 Å². The van der Waals surface area contributed by atoms with Crippen LogP contribution in [-0.4, -0.2) is 36.5 Å². The van der Waals surface area contributed by atoms with Gasteiger partial charge in [-0.1, -0.05) is 12.1 Å². The molecule has 2 bridgehead atoms. The second kappa shape index (κ2) is 6.76. The second-order valence-corrected chi connectivity index (χ2v) is 6.98. The molecule has 2 heterocycles. The molecule has 2 aromatic rings. The van der Waals surface area contributed by atoms with E-state index in [9.17, 15) is 4.79 Å². The second-order valence-electron chi connectivity index (χ2n) is 6.98. The maximum atomic E-state index is 12.5. The summed E-state index contributed by atoms with van der Waals surface area (Å²) in [7, 11) is 0. The molecule has 5 nitrogen and oxygen atoms in total. The van der Waals surface area contributed by atoms with Crippen molar-refractivity contribution in [3.8, 4) is 11.5 Å². The molecule has 4 rings (SSSR count). The fourth-order valence-electron chi connectivity index (χ4n) is 3.81. The lowest BCUT2D eigenvalue weighted by Gasteiger charge is -2.30. The van der Waals surface area contributed by atoms with Crippen molar-refractivity contribution < 1.29 is 9.53 Å². The first-order valence-corrected chi connectivity index (χ1v) is 8.83. The smallest absolute Gasteiger partial charge is 0.251 e. The molecular formula is C20H23N3O2. The normalized spacial score (nSPS) is 24.7. The van der Waals surface area contributed by atoms with E-state index in [4.69, 9.17) is 10.5 Å². The largest absolute Gasteiger partial charge is 0.455 e. The minimum absolute atomic E-state index is 0.0155. The van der Waals surface area contributed by atoms with Crippen molar-refractivity contribution in [3.05, 3.63) is 54.1 Å². The zero-order chi connectivity index (χ0) is 17.2. The lowest BCUT2D eigenvalue weighted by atomic mass is 9.96. The first-order chi connectivity index (χ1) is 12.2. The minimum atomic E-state index is -0.0155. The number of nitrogens with zero attached hydrogens (tertiary/aromatic N) is 1. The third kappa shape index (κ3) is 3.61. The fourth-order valence-corrected chi connectivity index (χ4v) is 3.81. The van der Waals surface area contributed by atoms with Gasteiger partial charge < -0.3 is 20.7 Å². The van der Waals surface area contributed by atoms with E-state index in [1.165, 1.54) is 19.5 Å². The Morgan fingerprint density at radius 3 is 2.68 bits per heavy atom. The number of piperidine rings is 1. The predicted octanol–water partition coefficient (Wildman–Crippen LogP) is 2.89. The van der Waals surface area contributed by atoms with Gasteiger partial charge in [0.1, 0.15) is 11.5 Å². The van der Waals surface area contributed by atoms with Gasteiger partial charge in [-0.3, -0.25) is 4.79 Å².